The predicted octanol–water partition coefficient (Wildman–Crippen LogP) is 3.00. The Labute approximate surface area is 113 Å². The maximum atomic E-state index is 13.7. The van der Waals surface area contributed by atoms with E-state index in [0.717, 1.165) is 0 Å². The topological polar surface area (TPSA) is 52.3 Å². The first kappa shape index (κ1) is 12.3. The lowest BCUT2D eigenvalue weighted by molar-refractivity contribution is 0.414. The van der Waals surface area contributed by atoms with Crippen molar-refractivity contribution in [2.75, 3.05) is 7.11 Å². The summed E-state index contributed by atoms with van der Waals surface area (Å²) in [7, 11) is 1.51. The molecule has 1 heterocycles. The van der Waals surface area contributed by atoms with Crippen molar-refractivity contribution in [2.45, 2.75) is 0 Å². The lowest BCUT2D eigenvalue weighted by atomic mass is 10.2. The number of aromatic nitrogens is 1. The van der Waals surface area contributed by atoms with E-state index >= 15 is 0 Å². The highest BCUT2D eigenvalue weighted by atomic mass is 19.1. The van der Waals surface area contributed by atoms with Gasteiger partial charge in [-0.25, -0.2) is 4.39 Å². The van der Waals surface area contributed by atoms with Gasteiger partial charge in [0, 0.05) is 6.07 Å². The second-order valence-corrected chi connectivity index (χ2v) is 4.17. The monoisotopic (exact) mass is 271 g/mol. The van der Waals surface area contributed by atoms with Gasteiger partial charge < -0.3 is 9.15 Å². The second-order valence-electron chi connectivity index (χ2n) is 4.17. The molecule has 4 nitrogen and oxygen atoms in total. The van der Waals surface area contributed by atoms with Crippen LogP contribution in [0.5, 0.6) is 5.75 Å². The largest absolute Gasteiger partial charge is 0.497 e. The quantitative estimate of drug-likeness (QED) is 0.719. The molecule has 2 aromatic carbocycles. The summed E-state index contributed by atoms with van der Waals surface area (Å²) < 4.78 is 24.3. The normalized spacial score (nSPS) is 10.7. The number of hydrogen-bond acceptors (Lipinski definition) is 4. The molecule has 0 atom stereocenters. The highest BCUT2D eigenvalue weighted by Crippen LogP contribution is 2.24. The minimum atomic E-state index is -0.495. The van der Waals surface area contributed by atoms with Gasteiger partial charge >= 0.3 is 0 Å². The summed E-state index contributed by atoms with van der Waals surface area (Å²) in [6, 6.07) is 10.8. The number of benzene rings is 2. The zero-order valence-corrected chi connectivity index (χ0v) is 10.6. The Morgan fingerprint density at radius 3 is 2.75 bits per heavy atom. The van der Waals surface area contributed by atoms with Crippen LogP contribution in [-0.4, -0.2) is 12.1 Å². The first-order chi connectivity index (χ1) is 9.69. The van der Waals surface area contributed by atoms with Crippen LogP contribution in [0.1, 0.15) is 0 Å². The van der Waals surface area contributed by atoms with Crippen LogP contribution in [0.4, 0.5) is 4.39 Å². The van der Waals surface area contributed by atoms with Crippen LogP contribution < -0.4 is 10.3 Å². The highest BCUT2D eigenvalue weighted by molar-refractivity contribution is 5.78. The average molecular weight is 271 g/mol. The van der Waals surface area contributed by atoms with Gasteiger partial charge in [-0.3, -0.25) is 4.79 Å². The van der Waals surface area contributed by atoms with Gasteiger partial charge in [-0.05, 0) is 24.3 Å². The first-order valence-electron chi connectivity index (χ1n) is 5.93. The lowest BCUT2D eigenvalue weighted by Crippen LogP contribution is -2.07. The second kappa shape index (κ2) is 4.77. The molecule has 20 heavy (non-hydrogen) atoms. The van der Waals surface area contributed by atoms with E-state index < -0.39 is 11.4 Å². The minimum Gasteiger partial charge on any atom is -0.497 e. The van der Waals surface area contributed by atoms with Crippen molar-refractivity contribution in [2.24, 2.45) is 0 Å². The van der Waals surface area contributed by atoms with E-state index in [1.54, 1.807) is 30.3 Å². The molecule has 5 heteroatoms. The van der Waals surface area contributed by atoms with Crippen LogP contribution in [0.15, 0.2) is 51.7 Å². The number of methoxy groups -OCH3 is 1. The minimum absolute atomic E-state index is 0.0474. The predicted molar refractivity (Wildman–Crippen MR) is 72.2 cm³/mol. The summed E-state index contributed by atoms with van der Waals surface area (Å²) >= 11 is 0. The standard InChI is InChI=1S/C15H10FNO3/c1-19-9-6-7-11-13(8-9)20-15(17-14(11)18)10-4-2-3-5-12(10)16/h2-8H,1H3. The van der Waals surface area contributed by atoms with Crippen molar-refractivity contribution < 1.29 is 13.5 Å². The van der Waals surface area contributed by atoms with Gasteiger partial charge in [-0.1, -0.05) is 12.1 Å². The number of rotatable bonds is 2. The van der Waals surface area contributed by atoms with Crippen molar-refractivity contribution in [1.29, 1.82) is 0 Å². The third-order valence-electron chi connectivity index (χ3n) is 2.93. The molecule has 0 saturated carbocycles. The molecular formula is C15H10FNO3. The lowest BCUT2D eigenvalue weighted by Gasteiger charge is -2.04. The Hall–Kier alpha value is -2.69. The van der Waals surface area contributed by atoms with Crippen LogP contribution in [0, 0.1) is 5.82 Å². The maximum absolute atomic E-state index is 13.7. The van der Waals surface area contributed by atoms with Gasteiger partial charge in [-0.2, -0.15) is 4.98 Å². The third-order valence-corrected chi connectivity index (χ3v) is 2.93. The van der Waals surface area contributed by atoms with Crippen molar-refractivity contribution in [1.82, 2.24) is 4.98 Å². The fraction of sp³-hybridized carbons (Fsp3) is 0.0667. The maximum Gasteiger partial charge on any atom is 0.284 e. The summed E-state index contributed by atoms with van der Waals surface area (Å²) in [6.45, 7) is 0. The number of nitrogens with zero attached hydrogens (tertiary/aromatic N) is 1. The fourth-order valence-electron chi connectivity index (χ4n) is 1.92. The number of ether oxygens (including phenoxy) is 1. The molecule has 0 radical (unpaired) electrons. The van der Waals surface area contributed by atoms with Crippen molar-refractivity contribution >= 4 is 11.0 Å². The molecule has 0 fully saturated rings. The summed E-state index contributed by atoms with van der Waals surface area (Å²) in [4.78, 5) is 15.7. The Morgan fingerprint density at radius 2 is 2.00 bits per heavy atom. The Kier molecular flexibility index (Phi) is 2.95. The summed E-state index contributed by atoms with van der Waals surface area (Å²) in [5, 5.41) is 0.325. The zero-order chi connectivity index (χ0) is 14.1. The molecule has 1 aromatic heterocycles. The average Bonchev–Trinajstić information content (AvgIpc) is 2.47. The van der Waals surface area contributed by atoms with Gasteiger partial charge in [0.1, 0.15) is 17.1 Å². The molecule has 0 spiro atoms. The molecule has 0 amide bonds. The molecule has 100 valence electrons. The van der Waals surface area contributed by atoms with E-state index in [2.05, 4.69) is 4.98 Å². The van der Waals surface area contributed by atoms with E-state index in [1.807, 2.05) is 0 Å². The first-order valence-corrected chi connectivity index (χ1v) is 5.93. The van der Waals surface area contributed by atoms with Gasteiger partial charge in [0.05, 0.1) is 18.1 Å². The van der Waals surface area contributed by atoms with Crippen molar-refractivity contribution in [3.63, 3.8) is 0 Å². The molecule has 3 rings (SSSR count). The summed E-state index contributed by atoms with van der Waals surface area (Å²) in [5.74, 6) is 0.00517. The third kappa shape index (κ3) is 2.03. The van der Waals surface area contributed by atoms with Crippen molar-refractivity contribution in [3.8, 4) is 17.2 Å². The van der Waals surface area contributed by atoms with Crippen LogP contribution in [0.2, 0.25) is 0 Å². The van der Waals surface area contributed by atoms with Crippen molar-refractivity contribution in [3.05, 3.63) is 58.6 Å². The van der Waals surface area contributed by atoms with Crippen LogP contribution in [-0.2, 0) is 0 Å². The van der Waals surface area contributed by atoms with E-state index in [1.165, 1.54) is 19.2 Å². The number of hydrogen-bond donors (Lipinski definition) is 0. The smallest absolute Gasteiger partial charge is 0.284 e. The molecule has 0 saturated heterocycles. The zero-order valence-electron chi connectivity index (χ0n) is 10.6. The molecule has 0 aliphatic rings. The van der Waals surface area contributed by atoms with Gasteiger partial charge in [0.2, 0.25) is 5.89 Å². The molecular weight excluding hydrogens is 261 g/mol. The van der Waals surface area contributed by atoms with Gasteiger partial charge in [0.15, 0.2) is 0 Å². The SMILES string of the molecule is COc1ccc2c(=O)nc(-c3ccccc3F)oc2c1. The Bertz CT molecular complexity index is 842. The van der Waals surface area contributed by atoms with Crippen LogP contribution in [0.25, 0.3) is 22.4 Å². The number of halogens is 1. The van der Waals surface area contributed by atoms with Gasteiger partial charge in [0.25, 0.3) is 5.56 Å². The highest BCUT2D eigenvalue weighted by Gasteiger charge is 2.12. The molecule has 0 bridgehead atoms. The molecule has 0 aliphatic heterocycles. The van der Waals surface area contributed by atoms with Crippen LogP contribution >= 0.6 is 0 Å². The fourth-order valence-corrected chi connectivity index (χ4v) is 1.92. The number of fused-ring (bicyclic) bond motifs is 1. The Morgan fingerprint density at radius 1 is 1.20 bits per heavy atom. The Balaban J connectivity index is 2.28. The summed E-state index contributed by atoms with van der Waals surface area (Å²) in [6.07, 6.45) is 0. The van der Waals surface area contributed by atoms with E-state index in [4.69, 9.17) is 9.15 Å². The molecule has 0 unspecified atom stereocenters. The molecule has 0 N–H and O–H groups in total. The van der Waals surface area contributed by atoms with Gasteiger partial charge in [-0.15, -0.1) is 0 Å². The van der Waals surface area contributed by atoms with E-state index in [9.17, 15) is 9.18 Å². The van der Waals surface area contributed by atoms with Crippen LogP contribution in [0.3, 0.4) is 0 Å². The van der Waals surface area contributed by atoms with E-state index in [0.29, 0.717) is 16.7 Å². The van der Waals surface area contributed by atoms with E-state index in [-0.39, 0.29) is 11.5 Å². The summed E-state index contributed by atoms with van der Waals surface area (Å²) in [5.41, 5.74) is -0.0101. The molecule has 0 aliphatic carbocycles. The molecule has 3 aromatic rings.